The molecule has 2 N–H and O–H groups in total. The van der Waals surface area contributed by atoms with Gasteiger partial charge in [-0.05, 0) is 34.9 Å². The van der Waals surface area contributed by atoms with Gasteiger partial charge >= 0.3 is 0 Å². The van der Waals surface area contributed by atoms with E-state index in [1.54, 1.807) is 11.3 Å². The van der Waals surface area contributed by atoms with Crippen molar-refractivity contribution >= 4 is 43.2 Å². The van der Waals surface area contributed by atoms with Crippen LogP contribution in [-0.2, 0) is 12.8 Å². The van der Waals surface area contributed by atoms with E-state index in [4.69, 9.17) is 5.73 Å². The van der Waals surface area contributed by atoms with Crippen LogP contribution in [0.3, 0.4) is 0 Å². The van der Waals surface area contributed by atoms with Gasteiger partial charge in [-0.25, -0.2) is 4.98 Å². The number of aryl methyl sites for hydroxylation is 1. The van der Waals surface area contributed by atoms with Crippen molar-refractivity contribution in [3.63, 3.8) is 0 Å². The second-order valence-electron chi connectivity index (χ2n) is 4.78. The summed E-state index contributed by atoms with van der Waals surface area (Å²) in [4.78, 5) is 5.67. The van der Waals surface area contributed by atoms with Crippen molar-refractivity contribution in [3.8, 4) is 0 Å². The molecule has 0 amide bonds. The van der Waals surface area contributed by atoms with Crippen LogP contribution < -0.4 is 5.73 Å². The summed E-state index contributed by atoms with van der Waals surface area (Å²) in [6.45, 7) is 2.12. The van der Waals surface area contributed by atoms with Gasteiger partial charge in [0, 0.05) is 15.8 Å². The van der Waals surface area contributed by atoms with Crippen LogP contribution in [0.5, 0.6) is 0 Å². The van der Waals surface area contributed by atoms with E-state index < -0.39 is 0 Å². The molecule has 3 rings (SSSR count). The summed E-state index contributed by atoms with van der Waals surface area (Å²) in [6, 6.07) is 13.0. The van der Waals surface area contributed by atoms with Crippen LogP contribution in [0.4, 0.5) is 5.13 Å². The zero-order valence-corrected chi connectivity index (χ0v) is 13.6. The van der Waals surface area contributed by atoms with E-state index in [-0.39, 0.29) is 0 Å². The highest BCUT2D eigenvalue weighted by Gasteiger charge is 2.09. The monoisotopic (exact) mass is 346 g/mol. The smallest absolute Gasteiger partial charge is 0.180 e. The molecule has 0 spiro atoms. The number of thiazole rings is 1. The van der Waals surface area contributed by atoms with Gasteiger partial charge in [-0.15, -0.1) is 11.3 Å². The fourth-order valence-corrected chi connectivity index (χ4v) is 3.71. The molecule has 1 heterocycles. The van der Waals surface area contributed by atoms with Gasteiger partial charge in [0.05, 0.1) is 5.69 Å². The Kier molecular flexibility index (Phi) is 3.76. The predicted octanol–water partition coefficient (Wildman–Crippen LogP) is 4.79. The van der Waals surface area contributed by atoms with E-state index in [1.807, 2.05) is 0 Å². The lowest BCUT2D eigenvalue weighted by atomic mass is 10.0. The Labute approximate surface area is 130 Å². The molecule has 0 bridgehead atoms. The maximum absolute atomic E-state index is 5.82. The van der Waals surface area contributed by atoms with E-state index in [0.717, 1.165) is 23.0 Å². The minimum atomic E-state index is 0.668. The molecular weight excluding hydrogens is 332 g/mol. The maximum atomic E-state index is 5.82. The fraction of sp³-hybridized carbons (Fsp3) is 0.188. The van der Waals surface area contributed by atoms with Gasteiger partial charge in [0.25, 0.3) is 0 Å². The van der Waals surface area contributed by atoms with Crippen molar-refractivity contribution in [1.29, 1.82) is 0 Å². The van der Waals surface area contributed by atoms with Crippen LogP contribution >= 0.6 is 27.3 Å². The first-order valence-electron chi connectivity index (χ1n) is 6.58. The standard InChI is InChI=1S/C16H15BrN2S/c1-2-14-15(20-16(18)19-14)8-10-3-4-12-9-13(17)6-5-11(12)7-10/h3-7,9H,2,8H2,1H3,(H2,18,19). The fourth-order valence-electron chi connectivity index (χ4n) is 2.38. The number of aromatic nitrogens is 1. The second kappa shape index (κ2) is 5.54. The molecule has 20 heavy (non-hydrogen) atoms. The first-order chi connectivity index (χ1) is 9.65. The minimum absolute atomic E-state index is 0.668. The van der Waals surface area contributed by atoms with Crippen LogP contribution in [0.1, 0.15) is 23.1 Å². The van der Waals surface area contributed by atoms with Crippen LogP contribution in [-0.4, -0.2) is 4.98 Å². The molecule has 0 fully saturated rings. The molecule has 2 nitrogen and oxygen atoms in total. The first-order valence-corrected chi connectivity index (χ1v) is 8.19. The summed E-state index contributed by atoms with van der Waals surface area (Å²) < 4.78 is 1.11. The van der Waals surface area contributed by atoms with E-state index in [9.17, 15) is 0 Å². The molecule has 0 aliphatic rings. The first kappa shape index (κ1) is 13.6. The van der Waals surface area contributed by atoms with E-state index in [1.165, 1.54) is 21.2 Å². The molecule has 0 aliphatic carbocycles. The minimum Gasteiger partial charge on any atom is -0.375 e. The summed E-state index contributed by atoms with van der Waals surface area (Å²) in [5.74, 6) is 0. The number of anilines is 1. The number of nitrogen functional groups attached to an aromatic ring is 1. The number of hydrogen-bond donors (Lipinski definition) is 1. The van der Waals surface area contributed by atoms with Gasteiger partial charge in [-0.2, -0.15) is 0 Å². The van der Waals surface area contributed by atoms with Gasteiger partial charge in [-0.3, -0.25) is 0 Å². The number of halogens is 1. The summed E-state index contributed by atoms with van der Waals surface area (Å²) in [5, 5.41) is 3.19. The SMILES string of the molecule is CCc1nc(N)sc1Cc1ccc2cc(Br)ccc2c1. The number of nitrogens with two attached hydrogens (primary N) is 1. The summed E-state index contributed by atoms with van der Waals surface area (Å²) >= 11 is 5.11. The number of fused-ring (bicyclic) bond motifs is 1. The Morgan fingerprint density at radius 1 is 1.15 bits per heavy atom. The highest BCUT2D eigenvalue weighted by atomic mass is 79.9. The molecule has 0 aliphatic heterocycles. The van der Waals surface area contributed by atoms with E-state index in [0.29, 0.717) is 5.13 Å². The van der Waals surface area contributed by atoms with Crippen LogP contribution in [0.25, 0.3) is 10.8 Å². The van der Waals surface area contributed by atoms with Gasteiger partial charge in [-0.1, -0.05) is 47.1 Å². The highest BCUT2D eigenvalue weighted by Crippen LogP contribution is 2.26. The van der Waals surface area contributed by atoms with Gasteiger partial charge < -0.3 is 5.73 Å². The lowest BCUT2D eigenvalue weighted by molar-refractivity contribution is 1.02. The molecule has 4 heteroatoms. The third-order valence-corrected chi connectivity index (χ3v) is 4.78. The molecular formula is C16H15BrN2S. The lowest BCUT2D eigenvalue weighted by Crippen LogP contribution is -1.91. The molecule has 102 valence electrons. The van der Waals surface area contributed by atoms with E-state index in [2.05, 4.69) is 64.2 Å². The molecule has 1 aromatic heterocycles. The Morgan fingerprint density at radius 2 is 1.90 bits per heavy atom. The molecule has 2 aromatic carbocycles. The molecule has 0 saturated heterocycles. The summed E-state index contributed by atoms with van der Waals surface area (Å²) in [7, 11) is 0. The van der Waals surface area contributed by atoms with Gasteiger partial charge in [0.1, 0.15) is 0 Å². The Balaban J connectivity index is 1.96. The highest BCUT2D eigenvalue weighted by molar-refractivity contribution is 9.10. The van der Waals surface area contributed by atoms with Crippen molar-refractivity contribution in [2.75, 3.05) is 5.73 Å². The maximum Gasteiger partial charge on any atom is 0.180 e. The predicted molar refractivity (Wildman–Crippen MR) is 90.4 cm³/mol. The summed E-state index contributed by atoms with van der Waals surface area (Å²) in [5.41, 5.74) is 8.25. The molecule has 0 radical (unpaired) electrons. The number of nitrogens with zero attached hydrogens (tertiary/aromatic N) is 1. The quantitative estimate of drug-likeness (QED) is 0.740. The van der Waals surface area contributed by atoms with Crippen molar-refractivity contribution in [2.24, 2.45) is 0 Å². The molecule has 0 saturated carbocycles. The largest absolute Gasteiger partial charge is 0.375 e. The number of rotatable bonds is 3. The Morgan fingerprint density at radius 3 is 2.70 bits per heavy atom. The van der Waals surface area contributed by atoms with Crippen molar-refractivity contribution < 1.29 is 0 Å². The third-order valence-electron chi connectivity index (χ3n) is 3.36. The zero-order valence-electron chi connectivity index (χ0n) is 11.2. The summed E-state index contributed by atoms with van der Waals surface area (Å²) in [6.07, 6.45) is 1.84. The van der Waals surface area contributed by atoms with Crippen LogP contribution in [0, 0.1) is 0 Å². The zero-order chi connectivity index (χ0) is 14.1. The van der Waals surface area contributed by atoms with Gasteiger partial charge in [0.2, 0.25) is 0 Å². The van der Waals surface area contributed by atoms with Crippen molar-refractivity contribution in [3.05, 3.63) is 57.0 Å². The second-order valence-corrected chi connectivity index (χ2v) is 6.81. The molecule has 0 atom stereocenters. The van der Waals surface area contributed by atoms with Crippen LogP contribution in [0.15, 0.2) is 40.9 Å². The van der Waals surface area contributed by atoms with Crippen LogP contribution in [0.2, 0.25) is 0 Å². The van der Waals surface area contributed by atoms with Crippen molar-refractivity contribution in [2.45, 2.75) is 19.8 Å². The molecule has 3 aromatic rings. The number of benzene rings is 2. The molecule has 0 unspecified atom stereocenters. The van der Waals surface area contributed by atoms with Crippen molar-refractivity contribution in [1.82, 2.24) is 4.98 Å². The topological polar surface area (TPSA) is 38.9 Å². The Bertz CT molecular complexity index is 764. The normalized spacial score (nSPS) is 11.1. The average Bonchev–Trinajstić information content (AvgIpc) is 2.79. The average molecular weight is 347 g/mol. The van der Waals surface area contributed by atoms with E-state index >= 15 is 0 Å². The lowest BCUT2D eigenvalue weighted by Gasteiger charge is -2.04. The number of hydrogen-bond acceptors (Lipinski definition) is 3. The van der Waals surface area contributed by atoms with Gasteiger partial charge in [0.15, 0.2) is 5.13 Å². The third kappa shape index (κ3) is 2.72. The Hall–Kier alpha value is -1.39.